The van der Waals surface area contributed by atoms with E-state index in [0.29, 0.717) is 18.9 Å². The molecular formula is C14H15FN4O2S. The number of hydrogen-bond acceptors (Lipinski definition) is 5. The van der Waals surface area contributed by atoms with Crippen molar-refractivity contribution < 1.29 is 12.8 Å². The van der Waals surface area contributed by atoms with Gasteiger partial charge in [-0.05, 0) is 12.1 Å². The zero-order valence-electron chi connectivity index (χ0n) is 11.8. The highest BCUT2D eigenvalue weighted by atomic mass is 32.2. The molecule has 0 saturated carbocycles. The summed E-state index contributed by atoms with van der Waals surface area (Å²) in [7, 11) is -3.80. The highest BCUT2D eigenvalue weighted by Gasteiger charge is 2.30. The van der Waals surface area contributed by atoms with Crippen molar-refractivity contribution in [3.63, 3.8) is 0 Å². The van der Waals surface area contributed by atoms with Crippen molar-refractivity contribution in [2.75, 3.05) is 31.1 Å². The van der Waals surface area contributed by atoms with Crippen LogP contribution in [0.2, 0.25) is 0 Å². The van der Waals surface area contributed by atoms with Gasteiger partial charge in [-0.15, -0.1) is 0 Å². The standard InChI is InChI=1S/C14H15FN4O2S/c15-12-3-1-2-4-13(12)22(20,21)19-9-7-18(8-10-19)14-11-16-5-6-17-14/h1-6,11H,7-10H2. The molecule has 1 aromatic heterocycles. The third-order valence-electron chi connectivity index (χ3n) is 3.57. The Labute approximate surface area is 128 Å². The molecule has 0 atom stereocenters. The van der Waals surface area contributed by atoms with Crippen LogP contribution in [-0.2, 0) is 10.0 Å². The van der Waals surface area contributed by atoms with Gasteiger partial charge in [0.15, 0.2) is 0 Å². The summed E-state index contributed by atoms with van der Waals surface area (Å²) in [5.74, 6) is -0.00991. The lowest BCUT2D eigenvalue weighted by molar-refractivity contribution is 0.381. The first kappa shape index (κ1) is 14.9. The van der Waals surface area contributed by atoms with Gasteiger partial charge in [0.2, 0.25) is 10.0 Å². The summed E-state index contributed by atoms with van der Waals surface area (Å²) in [4.78, 5) is 9.88. The van der Waals surface area contributed by atoms with E-state index in [-0.39, 0.29) is 18.0 Å². The van der Waals surface area contributed by atoms with E-state index in [9.17, 15) is 12.8 Å². The third-order valence-corrected chi connectivity index (χ3v) is 5.50. The number of nitrogens with zero attached hydrogens (tertiary/aromatic N) is 4. The topological polar surface area (TPSA) is 66.4 Å². The first-order valence-electron chi connectivity index (χ1n) is 6.85. The van der Waals surface area contributed by atoms with Crippen LogP contribution in [-0.4, -0.2) is 48.9 Å². The van der Waals surface area contributed by atoms with Gasteiger partial charge in [0.1, 0.15) is 16.5 Å². The lowest BCUT2D eigenvalue weighted by atomic mass is 10.3. The molecule has 2 heterocycles. The van der Waals surface area contributed by atoms with Gasteiger partial charge < -0.3 is 4.90 Å². The second-order valence-corrected chi connectivity index (χ2v) is 6.79. The van der Waals surface area contributed by atoms with Crippen LogP contribution < -0.4 is 4.90 Å². The largest absolute Gasteiger partial charge is 0.353 e. The van der Waals surface area contributed by atoms with Gasteiger partial charge in [0.05, 0.1) is 6.20 Å². The molecule has 1 aliphatic rings. The van der Waals surface area contributed by atoms with Gasteiger partial charge in [0.25, 0.3) is 0 Å². The van der Waals surface area contributed by atoms with Crippen LogP contribution in [0.1, 0.15) is 0 Å². The summed E-state index contributed by atoms with van der Waals surface area (Å²) in [6, 6.07) is 5.44. The molecule has 6 nitrogen and oxygen atoms in total. The number of benzene rings is 1. The Bertz CT molecular complexity index is 746. The fourth-order valence-electron chi connectivity index (χ4n) is 2.41. The fraction of sp³-hybridized carbons (Fsp3) is 0.286. The van der Waals surface area contributed by atoms with Crippen molar-refractivity contribution in [1.29, 1.82) is 0 Å². The molecule has 1 saturated heterocycles. The molecule has 8 heteroatoms. The van der Waals surface area contributed by atoms with Gasteiger partial charge >= 0.3 is 0 Å². The summed E-state index contributed by atoms with van der Waals surface area (Å²) in [6.07, 6.45) is 4.82. The molecule has 116 valence electrons. The Morgan fingerprint density at radius 1 is 1.05 bits per heavy atom. The number of piperazine rings is 1. The smallest absolute Gasteiger partial charge is 0.246 e. The molecule has 0 unspecified atom stereocenters. The van der Waals surface area contributed by atoms with Crippen molar-refractivity contribution in [2.45, 2.75) is 4.90 Å². The van der Waals surface area contributed by atoms with Gasteiger partial charge in [-0.1, -0.05) is 12.1 Å². The van der Waals surface area contributed by atoms with Crippen molar-refractivity contribution in [2.24, 2.45) is 0 Å². The van der Waals surface area contributed by atoms with Gasteiger partial charge in [-0.3, -0.25) is 4.98 Å². The van der Waals surface area contributed by atoms with Crippen LogP contribution in [0.4, 0.5) is 10.2 Å². The van der Waals surface area contributed by atoms with Crippen LogP contribution in [0, 0.1) is 5.82 Å². The second-order valence-electron chi connectivity index (χ2n) is 4.89. The first-order valence-corrected chi connectivity index (χ1v) is 8.29. The molecule has 0 radical (unpaired) electrons. The summed E-state index contributed by atoms with van der Waals surface area (Å²) < 4.78 is 40.0. The number of halogens is 1. The number of aromatic nitrogens is 2. The number of hydrogen-bond donors (Lipinski definition) is 0. The Hall–Kier alpha value is -2.06. The zero-order valence-corrected chi connectivity index (χ0v) is 12.6. The summed E-state index contributed by atoms with van der Waals surface area (Å²) in [5.41, 5.74) is 0. The molecule has 0 aliphatic carbocycles. The number of sulfonamides is 1. The van der Waals surface area contributed by atoms with Crippen LogP contribution in [0.5, 0.6) is 0 Å². The first-order chi connectivity index (χ1) is 10.6. The van der Waals surface area contributed by atoms with E-state index in [4.69, 9.17) is 0 Å². The van der Waals surface area contributed by atoms with Crippen molar-refractivity contribution in [1.82, 2.24) is 14.3 Å². The molecule has 2 aromatic rings. The van der Waals surface area contributed by atoms with Crippen molar-refractivity contribution in [3.8, 4) is 0 Å². The van der Waals surface area contributed by atoms with Gasteiger partial charge in [-0.25, -0.2) is 17.8 Å². The molecular weight excluding hydrogens is 307 g/mol. The van der Waals surface area contributed by atoms with Crippen molar-refractivity contribution in [3.05, 3.63) is 48.7 Å². The predicted octanol–water partition coefficient (Wildman–Crippen LogP) is 1.13. The monoisotopic (exact) mass is 322 g/mol. The van der Waals surface area contributed by atoms with E-state index in [1.165, 1.54) is 22.5 Å². The molecule has 22 heavy (non-hydrogen) atoms. The molecule has 1 aliphatic heterocycles. The summed E-state index contributed by atoms with van der Waals surface area (Å²) >= 11 is 0. The van der Waals surface area contributed by atoms with E-state index >= 15 is 0 Å². The minimum absolute atomic E-state index is 0.275. The average molecular weight is 322 g/mol. The molecule has 3 rings (SSSR count). The lowest BCUT2D eigenvalue weighted by Gasteiger charge is -2.34. The van der Waals surface area contributed by atoms with E-state index in [2.05, 4.69) is 9.97 Å². The van der Waals surface area contributed by atoms with Crippen LogP contribution in [0.3, 0.4) is 0 Å². The Kier molecular flexibility index (Phi) is 4.04. The maximum Gasteiger partial charge on any atom is 0.246 e. The van der Waals surface area contributed by atoms with E-state index in [1.807, 2.05) is 4.90 Å². The summed E-state index contributed by atoms with van der Waals surface area (Å²) in [6.45, 7) is 1.55. The minimum atomic E-state index is -3.80. The van der Waals surface area contributed by atoms with Crippen LogP contribution in [0.15, 0.2) is 47.8 Å². The minimum Gasteiger partial charge on any atom is -0.353 e. The van der Waals surface area contributed by atoms with E-state index < -0.39 is 15.8 Å². The fourth-order valence-corrected chi connectivity index (χ4v) is 3.89. The molecule has 1 aromatic carbocycles. The SMILES string of the molecule is O=S(=O)(c1ccccc1F)N1CCN(c2cnccn2)CC1. The van der Waals surface area contributed by atoms with Crippen molar-refractivity contribution >= 4 is 15.8 Å². The van der Waals surface area contributed by atoms with Gasteiger partial charge in [0, 0.05) is 38.6 Å². The third kappa shape index (κ3) is 2.79. The second kappa shape index (κ2) is 5.98. The molecule has 0 bridgehead atoms. The molecule has 0 spiro atoms. The maximum atomic E-state index is 13.7. The van der Waals surface area contributed by atoms with Crippen LogP contribution >= 0.6 is 0 Å². The Balaban J connectivity index is 1.75. The quantitative estimate of drug-likeness (QED) is 0.847. The average Bonchev–Trinajstić information content (AvgIpc) is 2.56. The van der Waals surface area contributed by atoms with Gasteiger partial charge in [-0.2, -0.15) is 4.31 Å². The lowest BCUT2D eigenvalue weighted by Crippen LogP contribution is -2.49. The van der Waals surface area contributed by atoms with E-state index in [0.717, 1.165) is 6.07 Å². The number of rotatable bonds is 3. The predicted molar refractivity (Wildman–Crippen MR) is 79.4 cm³/mol. The van der Waals surface area contributed by atoms with E-state index in [1.54, 1.807) is 18.6 Å². The Morgan fingerprint density at radius 3 is 2.41 bits per heavy atom. The Morgan fingerprint density at radius 2 is 1.77 bits per heavy atom. The molecule has 0 amide bonds. The molecule has 1 fully saturated rings. The maximum absolute atomic E-state index is 13.7. The highest BCUT2D eigenvalue weighted by molar-refractivity contribution is 7.89. The normalized spacial score (nSPS) is 16.7. The number of anilines is 1. The van der Waals surface area contributed by atoms with Crippen LogP contribution in [0.25, 0.3) is 0 Å². The zero-order chi connectivity index (χ0) is 15.6. The molecule has 0 N–H and O–H groups in total. The summed E-state index contributed by atoms with van der Waals surface area (Å²) in [5, 5.41) is 0. The highest BCUT2D eigenvalue weighted by Crippen LogP contribution is 2.21.